The number of aryl methyl sites for hydroxylation is 2. The van der Waals surface area contributed by atoms with Gasteiger partial charge in [0.15, 0.2) is 0 Å². The molecule has 2 rings (SSSR count). The molecule has 0 aliphatic rings. The van der Waals surface area contributed by atoms with Crippen LogP contribution in [0.1, 0.15) is 11.1 Å². The van der Waals surface area contributed by atoms with Crippen LogP contribution in [0.25, 0.3) is 0 Å². The zero-order valence-corrected chi connectivity index (χ0v) is 17.1. The summed E-state index contributed by atoms with van der Waals surface area (Å²) < 4.78 is 8.64. The molecule has 2 aromatic rings. The van der Waals surface area contributed by atoms with Crippen LogP contribution in [0.15, 0.2) is 46.9 Å². The minimum absolute atomic E-state index is 1.08. The molecule has 0 radical (unpaired) electrons. The van der Waals surface area contributed by atoms with E-state index in [0.29, 0.717) is 0 Å². The van der Waals surface area contributed by atoms with E-state index in [1.54, 1.807) is 0 Å². The molecule has 0 heterocycles. The van der Waals surface area contributed by atoms with Crippen molar-refractivity contribution in [3.63, 3.8) is 0 Å². The molecule has 1 nitrogen and oxygen atoms in total. The Morgan fingerprint density at radius 1 is 1.00 bits per heavy atom. The standard InChI is InChI=1S/C8H9BrO.C6H5.Hg/c1-5-3-7(9)4-6(2)8(5)10;1-2-4-6-5-3-1;/h3-4,10H,1-2H3;1-5H;/q;;+1/p-1. The summed E-state index contributed by atoms with van der Waals surface area (Å²) in [6.07, 6.45) is 0. The Balaban J connectivity index is 2.15. The molecule has 0 aliphatic heterocycles. The summed E-state index contributed by atoms with van der Waals surface area (Å²) in [6.45, 7) is 4.21. The van der Waals surface area contributed by atoms with Crippen molar-refractivity contribution in [2.75, 3.05) is 0 Å². The normalized spacial score (nSPS) is 9.82. The molecule has 0 fully saturated rings. The Kier molecular flexibility index (Phi) is 4.63. The van der Waals surface area contributed by atoms with Gasteiger partial charge < -0.3 is 0 Å². The van der Waals surface area contributed by atoms with Crippen molar-refractivity contribution >= 4 is 19.0 Å². The van der Waals surface area contributed by atoms with Gasteiger partial charge in [-0.15, -0.1) is 0 Å². The summed E-state index contributed by atoms with van der Waals surface area (Å²) in [5.74, 6) is 1.08. The van der Waals surface area contributed by atoms with Gasteiger partial charge in [-0.25, -0.2) is 0 Å². The van der Waals surface area contributed by atoms with E-state index >= 15 is 0 Å². The number of benzene rings is 2. The topological polar surface area (TPSA) is 9.23 Å². The second kappa shape index (κ2) is 6.01. The summed E-state index contributed by atoms with van der Waals surface area (Å²) in [7, 11) is 0. The molecule has 0 spiro atoms. The third-order valence-corrected chi connectivity index (χ3v) is 7.92. The third kappa shape index (κ3) is 3.56. The van der Waals surface area contributed by atoms with Crippen molar-refractivity contribution in [2.45, 2.75) is 13.8 Å². The maximum atomic E-state index is 6.11. The molecular formula is C14H13BrHgO. The molecule has 0 atom stereocenters. The molecule has 2 aromatic carbocycles. The van der Waals surface area contributed by atoms with Crippen LogP contribution in [0.2, 0.25) is 0 Å². The average Bonchev–Trinajstić information content (AvgIpc) is 2.29. The summed E-state index contributed by atoms with van der Waals surface area (Å²) >= 11 is 2.05. The molecule has 0 N–H and O–H groups in total. The van der Waals surface area contributed by atoms with Crippen molar-refractivity contribution in [3.8, 4) is 5.75 Å². The first kappa shape index (κ1) is 13.1. The first-order chi connectivity index (χ1) is 8.16. The summed E-state index contributed by atoms with van der Waals surface area (Å²) in [6, 6.07) is 14.8. The van der Waals surface area contributed by atoms with Crippen LogP contribution in [0.5, 0.6) is 5.75 Å². The zero-order valence-electron chi connectivity index (χ0n) is 10.0. The quantitative estimate of drug-likeness (QED) is 0.612. The molecule has 0 aromatic heterocycles. The Morgan fingerprint density at radius 2 is 1.59 bits per heavy atom. The van der Waals surface area contributed by atoms with Gasteiger partial charge in [-0.2, -0.15) is 0 Å². The van der Waals surface area contributed by atoms with Crippen LogP contribution in [-0.4, -0.2) is 0 Å². The van der Waals surface area contributed by atoms with E-state index in [9.17, 15) is 0 Å². The van der Waals surface area contributed by atoms with E-state index in [2.05, 4.69) is 66.2 Å². The minimum atomic E-state index is -1.46. The van der Waals surface area contributed by atoms with Crippen LogP contribution >= 0.6 is 15.9 Å². The van der Waals surface area contributed by atoms with E-state index in [-0.39, 0.29) is 0 Å². The van der Waals surface area contributed by atoms with Gasteiger partial charge in [-0.3, -0.25) is 0 Å². The molecule has 0 aliphatic carbocycles. The second-order valence-electron chi connectivity index (χ2n) is 4.14. The Bertz CT molecular complexity index is 488. The molecule has 0 saturated carbocycles. The van der Waals surface area contributed by atoms with Crippen molar-refractivity contribution in [1.29, 1.82) is 0 Å². The molecule has 0 unspecified atom stereocenters. The molecule has 0 saturated heterocycles. The van der Waals surface area contributed by atoms with Gasteiger partial charge in [0.25, 0.3) is 0 Å². The first-order valence-corrected chi connectivity index (χ1v) is 11.4. The predicted molar refractivity (Wildman–Crippen MR) is 70.3 cm³/mol. The van der Waals surface area contributed by atoms with Gasteiger partial charge >= 0.3 is 124 Å². The number of hydrogen-bond acceptors (Lipinski definition) is 1. The third-order valence-electron chi connectivity index (χ3n) is 2.65. The number of rotatable bonds is 3. The Labute approximate surface area is 123 Å². The summed E-state index contributed by atoms with van der Waals surface area (Å²) in [5, 5.41) is 0. The van der Waals surface area contributed by atoms with Gasteiger partial charge in [0.2, 0.25) is 0 Å². The van der Waals surface area contributed by atoms with Crippen LogP contribution in [0.4, 0.5) is 0 Å². The van der Waals surface area contributed by atoms with Crippen molar-refractivity contribution < 1.29 is 27.7 Å². The van der Waals surface area contributed by atoms with Crippen molar-refractivity contribution in [1.82, 2.24) is 0 Å². The monoisotopic (exact) mass is 478 g/mol. The fourth-order valence-corrected chi connectivity index (χ4v) is 7.33. The molecule has 84 valence electrons. The SMILES string of the molecule is Cc1cc(Br)cc(C)c1[O][Hg][c]1ccccc1. The first-order valence-electron chi connectivity index (χ1n) is 5.60. The van der Waals surface area contributed by atoms with E-state index in [1.165, 1.54) is 14.2 Å². The van der Waals surface area contributed by atoms with E-state index < -0.39 is 25.0 Å². The van der Waals surface area contributed by atoms with Crippen LogP contribution in [0, 0.1) is 13.8 Å². The average molecular weight is 478 g/mol. The van der Waals surface area contributed by atoms with Crippen LogP contribution in [-0.2, 0) is 25.0 Å². The fraction of sp³-hybridized carbons (Fsp3) is 0.143. The summed E-state index contributed by atoms with van der Waals surface area (Å²) in [4.78, 5) is 0. The van der Waals surface area contributed by atoms with Crippen LogP contribution < -0.4 is 5.72 Å². The predicted octanol–water partition coefficient (Wildman–Crippen LogP) is 3.77. The molecule has 3 heteroatoms. The van der Waals surface area contributed by atoms with E-state index in [1.807, 2.05) is 6.07 Å². The van der Waals surface area contributed by atoms with Gasteiger partial charge in [0.05, 0.1) is 0 Å². The van der Waals surface area contributed by atoms with Gasteiger partial charge in [-0.05, 0) is 0 Å². The van der Waals surface area contributed by atoms with Crippen LogP contribution in [0.3, 0.4) is 0 Å². The zero-order chi connectivity index (χ0) is 12.3. The van der Waals surface area contributed by atoms with Gasteiger partial charge in [0, 0.05) is 0 Å². The molecule has 17 heavy (non-hydrogen) atoms. The molecule has 0 bridgehead atoms. The summed E-state index contributed by atoms with van der Waals surface area (Å²) in [5.41, 5.74) is 2.43. The van der Waals surface area contributed by atoms with Crippen molar-refractivity contribution in [2.24, 2.45) is 0 Å². The number of hydrogen-bond donors (Lipinski definition) is 0. The Morgan fingerprint density at radius 3 is 2.18 bits per heavy atom. The molecule has 0 amide bonds. The second-order valence-corrected chi connectivity index (χ2v) is 10.5. The Hall–Kier alpha value is -0.345. The van der Waals surface area contributed by atoms with Gasteiger partial charge in [-0.1, -0.05) is 0 Å². The fourth-order valence-electron chi connectivity index (χ4n) is 1.85. The number of halogens is 1. The maximum absolute atomic E-state index is 6.11. The van der Waals surface area contributed by atoms with E-state index in [0.717, 1.165) is 10.2 Å². The van der Waals surface area contributed by atoms with Gasteiger partial charge in [0.1, 0.15) is 0 Å². The molecular weight excluding hydrogens is 465 g/mol. The van der Waals surface area contributed by atoms with E-state index in [4.69, 9.17) is 2.64 Å². The van der Waals surface area contributed by atoms with Crippen molar-refractivity contribution in [3.05, 3.63) is 58.1 Å².